The van der Waals surface area contributed by atoms with Gasteiger partial charge in [-0.25, -0.2) is 0 Å². The summed E-state index contributed by atoms with van der Waals surface area (Å²) in [7, 11) is 0. The number of nitrogens with one attached hydrogen (secondary N) is 3. The maximum Gasteiger partial charge on any atom is 0.221 e. The van der Waals surface area contributed by atoms with Crippen LogP contribution in [-0.2, 0) is 17.8 Å². The lowest BCUT2D eigenvalue weighted by atomic mass is 10.1. The van der Waals surface area contributed by atoms with Crippen molar-refractivity contribution in [2.75, 3.05) is 13.1 Å². The molecular formula is C18H21N3O2. The Bertz CT molecular complexity index is 747. The molecule has 23 heavy (non-hydrogen) atoms. The molecular weight excluding hydrogens is 290 g/mol. The first kappa shape index (κ1) is 15.4. The molecule has 1 aromatic carbocycles. The number of aromatic nitrogens is 1. The van der Waals surface area contributed by atoms with Crippen LogP contribution in [0.2, 0.25) is 0 Å². The second-order valence-electron chi connectivity index (χ2n) is 5.47. The quantitative estimate of drug-likeness (QED) is 0.560. The van der Waals surface area contributed by atoms with Crippen LogP contribution in [0.5, 0.6) is 0 Å². The van der Waals surface area contributed by atoms with Crippen molar-refractivity contribution in [3.63, 3.8) is 0 Å². The van der Waals surface area contributed by atoms with Crippen molar-refractivity contribution in [3.8, 4) is 0 Å². The van der Waals surface area contributed by atoms with Gasteiger partial charge in [-0.05, 0) is 30.2 Å². The van der Waals surface area contributed by atoms with E-state index in [1.54, 1.807) is 6.26 Å². The van der Waals surface area contributed by atoms with E-state index in [0.29, 0.717) is 26.1 Å². The minimum atomic E-state index is 0.0665. The van der Waals surface area contributed by atoms with E-state index in [4.69, 9.17) is 4.42 Å². The van der Waals surface area contributed by atoms with Gasteiger partial charge in [0, 0.05) is 36.6 Å². The van der Waals surface area contributed by atoms with E-state index in [1.165, 1.54) is 10.9 Å². The molecule has 5 nitrogen and oxygen atoms in total. The van der Waals surface area contributed by atoms with Gasteiger partial charge in [0.15, 0.2) is 0 Å². The third-order valence-electron chi connectivity index (χ3n) is 3.80. The number of fused-ring (bicyclic) bond motifs is 1. The van der Waals surface area contributed by atoms with E-state index in [1.807, 2.05) is 30.5 Å². The van der Waals surface area contributed by atoms with Gasteiger partial charge in [-0.1, -0.05) is 18.2 Å². The summed E-state index contributed by atoms with van der Waals surface area (Å²) >= 11 is 0. The number of rotatable bonds is 8. The number of furan rings is 1. The maximum atomic E-state index is 11.8. The summed E-state index contributed by atoms with van der Waals surface area (Å²) in [6.45, 7) is 1.94. The second-order valence-corrected chi connectivity index (χ2v) is 5.47. The number of benzene rings is 1. The summed E-state index contributed by atoms with van der Waals surface area (Å²) in [5.74, 6) is 0.946. The minimum Gasteiger partial charge on any atom is -0.468 e. The fraction of sp³-hybridized carbons (Fsp3) is 0.278. The Labute approximate surface area is 135 Å². The molecule has 0 saturated heterocycles. The molecule has 3 rings (SSSR count). The lowest BCUT2D eigenvalue weighted by molar-refractivity contribution is -0.120. The molecule has 0 aliphatic heterocycles. The molecule has 120 valence electrons. The molecule has 0 spiro atoms. The summed E-state index contributed by atoms with van der Waals surface area (Å²) in [6.07, 6.45) is 4.96. The highest BCUT2D eigenvalue weighted by Crippen LogP contribution is 2.17. The van der Waals surface area contributed by atoms with E-state index in [9.17, 15) is 4.79 Å². The van der Waals surface area contributed by atoms with Crippen LogP contribution in [0, 0.1) is 0 Å². The van der Waals surface area contributed by atoms with Crippen LogP contribution >= 0.6 is 0 Å². The third-order valence-corrected chi connectivity index (χ3v) is 3.80. The van der Waals surface area contributed by atoms with Gasteiger partial charge in [0.1, 0.15) is 5.76 Å². The number of hydrogen-bond acceptors (Lipinski definition) is 3. The fourth-order valence-electron chi connectivity index (χ4n) is 2.59. The maximum absolute atomic E-state index is 11.8. The number of amides is 1. The molecule has 3 aromatic rings. The predicted octanol–water partition coefficient (Wildman–Crippen LogP) is 2.60. The molecule has 5 heteroatoms. The smallest absolute Gasteiger partial charge is 0.221 e. The van der Waals surface area contributed by atoms with Crippen LogP contribution in [0.25, 0.3) is 10.9 Å². The Balaban J connectivity index is 1.34. The SMILES string of the molecule is O=C(CCNCc1ccco1)NCCc1c[nH]c2ccccc12. The summed E-state index contributed by atoms with van der Waals surface area (Å²) in [6, 6.07) is 12.0. The molecule has 3 N–H and O–H groups in total. The molecule has 0 saturated carbocycles. The van der Waals surface area contributed by atoms with Crippen molar-refractivity contribution in [3.05, 3.63) is 60.2 Å². The van der Waals surface area contributed by atoms with Crippen molar-refractivity contribution < 1.29 is 9.21 Å². The van der Waals surface area contributed by atoms with Crippen molar-refractivity contribution in [1.82, 2.24) is 15.6 Å². The van der Waals surface area contributed by atoms with Gasteiger partial charge in [-0.3, -0.25) is 4.79 Å². The van der Waals surface area contributed by atoms with E-state index in [2.05, 4.69) is 27.8 Å². The van der Waals surface area contributed by atoms with Crippen LogP contribution in [0.1, 0.15) is 17.7 Å². The largest absolute Gasteiger partial charge is 0.468 e. The van der Waals surface area contributed by atoms with Crippen molar-refractivity contribution in [1.29, 1.82) is 0 Å². The zero-order valence-corrected chi connectivity index (χ0v) is 13.0. The van der Waals surface area contributed by atoms with Gasteiger partial charge in [0.2, 0.25) is 5.91 Å². The lowest BCUT2D eigenvalue weighted by Gasteiger charge is -2.05. The number of para-hydroxylation sites is 1. The summed E-state index contributed by atoms with van der Waals surface area (Å²) in [5.41, 5.74) is 2.37. The predicted molar refractivity (Wildman–Crippen MR) is 90.0 cm³/mol. The Morgan fingerprint density at radius 3 is 2.91 bits per heavy atom. The number of hydrogen-bond donors (Lipinski definition) is 3. The Morgan fingerprint density at radius 1 is 1.13 bits per heavy atom. The minimum absolute atomic E-state index is 0.0665. The zero-order valence-electron chi connectivity index (χ0n) is 13.0. The molecule has 0 radical (unpaired) electrons. The standard InChI is InChI=1S/C18H21N3O2/c22-18(8-9-19-13-15-4-3-11-23-15)20-10-7-14-12-21-17-6-2-1-5-16(14)17/h1-6,11-12,19,21H,7-10,13H2,(H,20,22). The van der Waals surface area contributed by atoms with Crippen LogP contribution in [0.15, 0.2) is 53.3 Å². The van der Waals surface area contributed by atoms with Gasteiger partial charge < -0.3 is 20.0 Å². The highest BCUT2D eigenvalue weighted by molar-refractivity contribution is 5.83. The number of H-pyrrole nitrogens is 1. The first-order chi connectivity index (χ1) is 11.3. The highest BCUT2D eigenvalue weighted by atomic mass is 16.3. The van der Waals surface area contributed by atoms with Crippen molar-refractivity contribution in [2.45, 2.75) is 19.4 Å². The van der Waals surface area contributed by atoms with Crippen LogP contribution in [0.4, 0.5) is 0 Å². The Kier molecular flexibility index (Phi) is 5.11. The lowest BCUT2D eigenvalue weighted by Crippen LogP contribution is -2.29. The summed E-state index contributed by atoms with van der Waals surface area (Å²) in [4.78, 5) is 15.1. The molecule has 2 aromatic heterocycles. The molecule has 0 fully saturated rings. The molecule has 0 aliphatic rings. The average Bonchev–Trinajstić information content (AvgIpc) is 3.22. The molecule has 2 heterocycles. The third kappa shape index (κ3) is 4.23. The molecule has 0 unspecified atom stereocenters. The molecule has 0 bridgehead atoms. The second kappa shape index (κ2) is 7.65. The van der Waals surface area contributed by atoms with E-state index >= 15 is 0 Å². The van der Waals surface area contributed by atoms with Gasteiger partial charge in [0.25, 0.3) is 0 Å². The van der Waals surface area contributed by atoms with Crippen molar-refractivity contribution in [2.24, 2.45) is 0 Å². The van der Waals surface area contributed by atoms with Crippen LogP contribution in [0.3, 0.4) is 0 Å². The first-order valence-electron chi connectivity index (χ1n) is 7.88. The molecule has 1 amide bonds. The normalized spacial score (nSPS) is 11.0. The fourth-order valence-corrected chi connectivity index (χ4v) is 2.59. The van der Waals surface area contributed by atoms with Gasteiger partial charge in [-0.15, -0.1) is 0 Å². The van der Waals surface area contributed by atoms with E-state index in [-0.39, 0.29) is 5.91 Å². The number of aromatic amines is 1. The number of carbonyl (C=O) groups excluding carboxylic acids is 1. The topological polar surface area (TPSA) is 70.1 Å². The highest BCUT2D eigenvalue weighted by Gasteiger charge is 2.04. The Hall–Kier alpha value is -2.53. The summed E-state index contributed by atoms with van der Waals surface area (Å²) < 4.78 is 5.22. The monoisotopic (exact) mass is 311 g/mol. The van der Waals surface area contributed by atoms with E-state index < -0.39 is 0 Å². The van der Waals surface area contributed by atoms with Gasteiger partial charge in [-0.2, -0.15) is 0 Å². The van der Waals surface area contributed by atoms with Crippen LogP contribution in [-0.4, -0.2) is 24.0 Å². The number of carbonyl (C=O) groups is 1. The average molecular weight is 311 g/mol. The van der Waals surface area contributed by atoms with Gasteiger partial charge >= 0.3 is 0 Å². The molecule has 0 aliphatic carbocycles. The van der Waals surface area contributed by atoms with Crippen molar-refractivity contribution >= 4 is 16.8 Å². The first-order valence-corrected chi connectivity index (χ1v) is 7.88. The molecule has 0 atom stereocenters. The van der Waals surface area contributed by atoms with Crippen LogP contribution < -0.4 is 10.6 Å². The van der Waals surface area contributed by atoms with Gasteiger partial charge in [0.05, 0.1) is 12.8 Å². The Morgan fingerprint density at radius 2 is 2.04 bits per heavy atom. The zero-order chi connectivity index (χ0) is 15.9. The van der Waals surface area contributed by atoms with E-state index in [0.717, 1.165) is 17.7 Å². The summed E-state index contributed by atoms with van der Waals surface area (Å²) in [5, 5.41) is 7.37.